The van der Waals surface area contributed by atoms with E-state index in [1.54, 1.807) is 0 Å². The van der Waals surface area contributed by atoms with Crippen LogP contribution < -0.4 is 4.90 Å². The SMILES string of the molecule is O=C(CC(c1ccccc1)c1ccccc1)N(CCN1CCOCC1)c1nc2c(Cl)cccc2s1. The van der Waals surface area contributed by atoms with Gasteiger partial charge in [0.1, 0.15) is 5.52 Å². The minimum absolute atomic E-state index is 0.0336. The third-order valence-corrected chi connectivity index (χ3v) is 7.77. The fourth-order valence-electron chi connectivity index (χ4n) is 4.50. The van der Waals surface area contributed by atoms with Crippen molar-refractivity contribution >= 4 is 44.2 Å². The molecule has 0 spiro atoms. The van der Waals surface area contributed by atoms with Crippen LogP contribution in [0, 0.1) is 0 Å². The average molecular weight is 506 g/mol. The van der Waals surface area contributed by atoms with Crippen molar-refractivity contribution in [3.63, 3.8) is 0 Å². The van der Waals surface area contributed by atoms with Crippen LogP contribution in [-0.2, 0) is 9.53 Å². The lowest BCUT2D eigenvalue weighted by Gasteiger charge is -2.30. The molecule has 0 atom stereocenters. The highest BCUT2D eigenvalue weighted by Crippen LogP contribution is 2.35. The van der Waals surface area contributed by atoms with Gasteiger partial charge in [0.25, 0.3) is 0 Å². The Morgan fingerprint density at radius 2 is 1.63 bits per heavy atom. The lowest BCUT2D eigenvalue weighted by atomic mass is 9.88. The molecule has 1 aromatic heterocycles. The molecule has 2 heterocycles. The van der Waals surface area contributed by atoms with Crippen LogP contribution in [0.3, 0.4) is 0 Å². The van der Waals surface area contributed by atoms with Gasteiger partial charge in [-0.2, -0.15) is 0 Å². The number of morpholine rings is 1. The summed E-state index contributed by atoms with van der Waals surface area (Å²) >= 11 is 7.94. The summed E-state index contributed by atoms with van der Waals surface area (Å²) in [7, 11) is 0. The number of rotatable bonds is 8. The van der Waals surface area contributed by atoms with E-state index in [-0.39, 0.29) is 11.8 Å². The summed E-state index contributed by atoms with van der Waals surface area (Å²) in [6.07, 6.45) is 0.362. The summed E-state index contributed by atoms with van der Waals surface area (Å²) in [5.41, 5.74) is 3.01. The first-order valence-corrected chi connectivity index (χ1v) is 13.1. The van der Waals surface area contributed by atoms with Gasteiger partial charge in [0.15, 0.2) is 5.13 Å². The van der Waals surface area contributed by atoms with Crippen molar-refractivity contribution < 1.29 is 9.53 Å². The largest absolute Gasteiger partial charge is 0.379 e. The van der Waals surface area contributed by atoms with Gasteiger partial charge < -0.3 is 4.74 Å². The summed E-state index contributed by atoms with van der Waals surface area (Å²) < 4.78 is 6.48. The van der Waals surface area contributed by atoms with E-state index in [1.165, 1.54) is 11.3 Å². The number of nitrogens with zero attached hydrogens (tertiary/aromatic N) is 3. The van der Waals surface area contributed by atoms with Crippen molar-refractivity contribution in [1.29, 1.82) is 0 Å². The molecule has 180 valence electrons. The van der Waals surface area contributed by atoms with E-state index in [1.807, 2.05) is 59.5 Å². The Morgan fingerprint density at radius 1 is 0.971 bits per heavy atom. The van der Waals surface area contributed by atoms with Gasteiger partial charge in [-0.25, -0.2) is 4.98 Å². The molecular weight excluding hydrogens is 478 g/mol. The molecule has 1 saturated heterocycles. The minimum atomic E-state index is -0.0336. The zero-order valence-electron chi connectivity index (χ0n) is 19.5. The molecule has 0 N–H and O–H groups in total. The summed E-state index contributed by atoms with van der Waals surface area (Å²) in [6, 6.07) is 26.3. The van der Waals surface area contributed by atoms with Crippen molar-refractivity contribution in [1.82, 2.24) is 9.88 Å². The zero-order chi connectivity index (χ0) is 24.0. The van der Waals surface area contributed by atoms with Gasteiger partial charge in [-0.05, 0) is 23.3 Å². The Kier molecular flexibility index (Phi) is 7.74. The number of aromatic nitrogens is 1. The van der Waals surface area contributed by atoms with Crippen LogP contribution in [0.1, 0.15) is 23.5 Å². The zero-order valence-corrected chi connectivity index (χ0v) is 21.0. The van der Waals surface area contributed by atoms with Crippen LogP contribution in [0.25, 0.3) is 10.2 Å². The van der Waals surface area contributed by atoms with Gasteiger partial charge in [-0.15, -0.1) is 0 Å². The third kappa shape index (κ3) is 5.73. The number of para-hydroxylation sites is 1. The van der Waals surface area contributed by atoms with Crippen LogP contribution >= 0.6 is 22.9 Å². The molecule has 1 aliphatic heterocycles. The van der Waals surface area contributed by atoms with Crippen molar-refractivity contribution in [3.05, 3.63) is 95.0 Å². The van der Waals surface area contributed by atoms with Gasteiger partial charge in [-0.1, -0.05) is 89.7 Å². The number of hydrogen-bond donors (Lipinski definition) is 0. The minimum Gasteiger partial charge on any atom is -0.379 e. The molecule has 0 unspecified atom stereocenters. The lowest BCUT2D eigenvalue weighted by Crippen LogP contribution is -2.43. The first kappa shape index (κ1) is 23.9. The standard InChI is InChI=1S/C28H28ClN3O2S/c29-24-12-7-13-25-27(24)30-28(35-25)32(15-14-31-16-18-34-19-17-31)26(33)20-23(21-8-3-1-4-9-21)22-10-5-2-6-11-22/h1-13,23H,14-20H2. The maximum atomic E-state index is 14.0. The molecule has 0 radical (unpaired) electrons. The Morgan fingerprint density at radius 3 is 2.26 bits per heavy atom. The van der Waals surface area contributed by atoms with Gasteiger partial charge in [0.2, 0.25) is 5.91 Å². The number of anilines is 1. The van der Waals surface area contributed by atoms with E-state index >= 15 is 0 Å². The lowest BCUT2D eigenvalue weighted by molar-refractivity contribution is -0.118. The Hall–Kier alpha value is -2.77. The fraction of sp³-hybridized carbons (Fsp3) is 0.286. The second-order valence-electron chi connectivity index (χ2n) is 8.66. The highest BCUT2D eigenvalue weighted by molar-refractivity contribution is 7.22. The molecule has 5 rings (SSSR count). The van der Waals surface area contributed by atoms with Crippen molar-refractivity contribution in [2.45, 2.75) is 12.3 Å². The quantitative estimate of drug-likeness (QED) is 0.302. The monoisotopic (exact) mass is 505 g/mol. The predicted molar refractivity (Wildman–Crippen MR) is 144 cm³/mol. The molecule has 35 heavy (non-hydrogen) atoms. The van der Waals surface area contributed by atoms with E-state index < -0.39 is 0 Å². The number of fused-ring (bicyclic) bond motifs is 1. The van der Waals surface area contributed by atoms with E-state index in [9.17, 15) is 4.79 Å². The average Bonchev–Trinajstić information content (AvgIpc) is 3.34. The number of hydrogen-bond acceptors (Lipinski definition) is 5. The summed E-state index contributed by atoms with van der Waals surface area (Å²) in [4.78, 5) is 22.9. The molecule has 0 aliphatic carbocycles. The third-order valence-electron chi connectivity index (χ3n) is 6.42. The van der Waals surface area contributed by atoms with Crippen LogP contribution in [0.5, 0.6) is 0 Å². The molecule has 5 nitrogen and oxygen atoms in total. The summed E-state index contributed by atoms with van der Waals surface area (Å²) in [5.74, 6) is 0.0277. The highest BCUT2D eigenvalue weighted by Gasteiger charge is 2.26. The topological polar surface area (TPSA) is 45.7 Å². The van der Waals surface area contributed by atoms with Crippen LogP contribution in [0.2, 0.25) is 5.02 Å². The van der Waals surface area contributed by atoms with E-state index in [2.05, 4.69) is 29.2 Å². The first-order chi connectivity index (χ1) is 17.2. The van der Waals surface area contributed by atoms with E-state index in [0.717, 1.165) is 54.2 Å². The Bertz CT molecular complexity index is 1220. The van der Waals surface area contributed by atoms with Crippen LogP contribution in [0.4, 0.5) is 5.13 Å². The van der Waals surface area contributed by atoms with Gasteiger partial charge in [-0.3, -0.25) is 14.6 Å². The number of thiazole rings is 1. The number of amides is 1. The number of benzene rings is 3. The van der Waals surface area contributed by atoms with E-state index in [0.29, 0.717) is 23.1 Å². The second-order valence-corrected chi connectivity index (χ2v) is 10.1. The second kappa shape index (κ2) is 11.3. The smallest absolute Gasteiger partial charge is 0.229 e. The summed E-state index contributed by atoms with van der Waals surface area (Å²) in [5, 5.41) is 1.31. The number of halogens is 1. The van der Waals surface area contributed by atoms with Crippen molar-refractivity contribution in [2.24, 2.45) is 0 Å². The molecule has 3 aromatic carbocycles. The summed E-state index contributed by atoms with van der Waals surface area (Å²) in [6.45, 7) is 4.57. The number of carbonyl (C=O) groups excluding carboxylic acids is 1. The van der Waals surface area contributed by atoms with E-state index in [4.69, 9.17) is 21.3 Å². The van der Waals surface area contributed by atoms with Crippen molar-refractivity contribution in [2.75, 3.05) is 44.3 Å². The van der Waals surface area contributed by atoms with Gasteiger partial charge in [0.05, 0.1) is 22.9 Å². The number of carbonyl (C=O) groups is 1. The maximum absolute atomic E-state index is 14.0. The molecule has 0 bridgehead atoms. The normalized spacial score (nSPS) is 14.5. The van der Waals surface area contributed by atoms with Crippen molar-refractivity contribution in [3.8, 4) is 0 Å². The Balaban J connectivity index is 1.45. The van der Waals surface area contributed by atoms with Gasteiger partial charge in [0, 0.05) is 38.5 Å². The molecule has 7 heteroatoms. The predicted octanol–water partition coefficient (Wildman–Crippen LogP) is 5.84. The number of ether oxygens (including phenoxy) is 1. The fourth-order valence-corrected chi connectivity index (χ4v) is 5.80. The molecule has 4 aromatic rings. The highest BCUT2D eigenvalue weighted by atomic mass is 35.5. The van der Waals surface area contributed by atoms with Gasteiger partial charge >= 0.3 is 0 Å². The molecule has 1 fully saturated rings. The maximum Gasteiger partial charge on any atom is 0.229 e. The first-order valence-electron chi connectivity index (χ1n) is 11.9. The molecule has 1 aliphatic rings. The molecular formula is C28H28ClN3O2S. The van der Waals surface area contributed by atoms with Crippen LogP contribution in [0.15, 0.2) is 78.9 Å². The molecule has 1 amide bonds. The Labute approximate surface area is 214 Å². The molecule has 0 saturated carbocycles. The van der Waals surface area contributed by atoms with Crippen LogP contribution in [-0.4, -0.2) is 55.2 Å².